The number of hydrogen-bond donors (Lipinski definition) is 0. The molecule has 5 fully saturated rings. The molecule has 7 rings (SSSR count). The lowest BCUT2D eigenvalue weighted by Gasteiger charge is -2.40. The minimum atomic E-state index is 0.0507. The molecule has 0 saturated heterocycles. The van der Waals surface area contributed by atoms with E-state index in [9.17, 15) is 9.59 Å². The fourth-order valence-electron chi connectivity index (χ4n) is 7.97. The maximum atomic E-state index is 13.4. The Kier molecular flexibility index (Phi) is 1.52. The molecule has 8 atom stereocenters. The quantitative estimate of drug-likeness (QED) is 0.643. The summed E-state index contributed by atoms with van der Waals surface area (Å²) < 4.78 is 0. The molecule has 7 aliphatic carbocycles. The molecule has 0 aromatic heterocycles. The number of carbonyl (C=O) groups excluding carboxylic acids is 2. The summed E-state index contributed by atoms with van der Waals surface area (Å²) in [5.41, 5.74) is 0.673. The summed E-state index contributed by atoms with van der Waals surface area (Å²) in [5, 5.41) is 0. The first-order valence-electron chi connectivity index (χ1n) is 9.13. The standard InChI is InChI=1S/C20H20O2/c21-17-13-9-1-2-10(19(9)5-6-19)14(13)18(22)16-12-4-3-11(15(16)17)20(12)7-8-20/h1-4,9-16H,5-8H2/t9-,10-,11-,12+,13-,14+,15+,16+/m0/s1. The van der Waals surface area contributed by atoms with Crippen LogP contribution in [0.2, 0.25) is 0 Å². The van der Waals surface area contributed by atoms with Gasteiger partial charge >= 0.3 is 0 Å². The first kappa shape index (κ1) is 11.4. The molecule has 0 aliphatic heterocycles. The fraction of sp³-hybridized carbons (Fsp3) is 0.700. The summed E-state index contributed by atoms with van der Waals surface area (Å²) in [6.45, 7) is 0. The topological polar surface area (TPSA) is 34.1 Å². The number of rotatable bonds is 0. The maximum Gasteiger partial charge on any atom is 0.141 e. The molecular weight excluding hydrogens is 272 g/mol. The van der Waals surface area contributed by atoms with Crippen LogP contribution in [0.15, 0.2) is 24.3 Å². The lowest BCUT2D eigenvalue weighted by molar-refractivity contribution is -0.148. The number of Topliss-reactive ketones (excluding diaryl/α,β-unsaturated/α-hetero) is 2. The van der Waals surface area contributed by atoms with E-state index in [4.69, 9.17) is 0 Å². The lowest BCUT2D eigenvalue weighted by Crippen LogP contribution is -2.50. The highest BCUT2D eigenvalue weighted by atomic mass is 16.1. The van der Waals surface area contributed by atoms with E-state index in [1.165, 1.54) is 25.7 Å². The van der Waals surface area contributed by atoms with Crippen LogP contribution in [-0.4, -0.2) is 11.6 Å². The van der Waals surface area contributed by atoms with Crippen molar-refractivity contribution >= 4 is 11.6 Å². The van der Waals surface area contributed by atoms with Gasteiger partial charge < -0.3 is 0 Å². The third kappa shape index (κ3) is 0.871. The van der Waals surface area contributed by atoms with E-state index in [0.717, 1.165) is 0 Å². The zero-order valence-corrected chi connectivity index (χ0v) is 12.6. The molecular formula is C20H20O2. The molecule has 4 bridgehead atoms. The van der Waals surface area contributed by atoms with Crippen molar-refractivity contribution in [3.8, 4) is 0 Å². The Morgan fingerprint density at radius 3 is 1.09 bits per heavy atom. The molecule has 0 unspecified atom stereocenters. The molecule has 112 valence electrons. The van der Waals surface area contributed by atoms with Gasteiger partial charge in [0.15, 0.2) is 0 Å². The van der Waals surface area contributed by atoms with Crippen LogP contribution < -0.4 is 0 Å². The van der Waals surface area contributed by atoms with Crippen LogP contribution >= 0.6 is 0 Å². The monoisotopic (exact) mass is 292 g/mol. The van der Waals surface area contributed by atoms with Gasteiger partial charge in [-0.05, 0) is 60.2 Å². The fourth-order valence-corrected chi connectivity index (χ4v) is 7.97. The van der Waals surface area contributed by atoms with Crippen LogP contribution in [-0.2, 0) is 9.59 Å². The van der Waals surface area contributed by atoms with Crippen LogP contribution in [0.25, 0.3) is 0 Å². The summed E-state index contributed by atoms with van der Waals surface area (Å²) in [6, 6.07) is 0. The van der Waals surface area contributed by atoms with Crippen molar-refractivity contribution in [3.63, 3.8) is 0 Å². The molecule has 0 N–H and O–H groups in total. The van der Waals surface area contributed by atoms with Crippen LogP contribution in [0.1, 0.15) is 25.7 Å². The third-order valence-corrected chi connectivity index (χ3v) is 9.00. The van der Waals surface area contributed by atoms with Crippen molar-refractivity contribution in [1.29, 1.82) is 0 Å². The lowest BCUT2D eigenvalue weighted by atomic mass is 9.60. The summed E-state index contributed by atoms with van der Waals surface area (Å²) >= 11 is 0. The van der Waals surface area contributed by atoms with Crippen LogP contribution in [0.4, 0.5) is 0 Å². The number of hydrogen-bond acceptors (Lipinski definition) is 2. The van der Waals surface area contributed by atoms with Crippen molar-refractivity contribution in [3.05, 3.63) is 24.3 Å². The van der Waals surface area contributed by atoms with Gasteiger partial charge in [0.2, 0.25) is 0 Å². The molecule has 7 aliphatic rings. The van der Waals surface area contributed by atoms with Crippen molar-refractivity contribution in [2.24, 2.45) is 58.2 Å². The summed E-state index contributed by atoms with van der Waals surface area (Å²) in [6.07, 6.45) is 14.2. The van der Waals surface area contributed by atoms with Gasteiger partial charge in [-0.25, -0.2) is 0 Å². The molecule has 2 heteroatoms. The van der Waals surface area contributed by atoms with E-state index in [2.05, 4.69) is 24.3 Å². The van der Waals surface area contributed by atoms with Crippen molar-refractivity contribution < 1.29 is 9.59 Å². The van der Waals surface area contributed by atoms with Gasteiger partial charge in [-0.15, -0.1) is 0 Å². The molecule has 0 aromatic rings. The highest BCUT2D eigenvalue weighted by molar-refractivity contribution is 6.03. The zero-order chi connectivity index (χ0) is 14.4. The molecule has 0 radical (unpaired) electrons. The van der Waals surface area contributed by atoms with Gasteiger partial charge in [-0.3, -0.25) is 9.59 Å². The van der Waals surface area contributed by atoms with E-state index in [1.54, 1.807) is 0 Å². The average molecular weight is 292 g/mol. The summed E-state index contributed by atoms with van der Waals surface area (Å²) in [7, 11) is 0. The number of fused-ring (bicyclic) bond motifs is 6. The second-order valence-electron chi connectivity index (χ2n) is 9.25. The molecule has 5 saturated carbocycles. The predicted molar refractivity (Wildman–Crippen MR) is 79.5 cm³/mol. The molecule has 2 nitrogen and oxygen atoms in total. The second-order valence-corrected chi connectivity index (χ2v) is 9.25. The molecule has 0 aromatic carbocycles. The maximum absolute atomic E-state index is 13.4. The Hall–Kier alpha value is -1.18. The Bertz CT molecular complexity index is 610. The van der Waals surface area contributed by atoms with Gasteiger partial charge in [0, 0.05) is 23.7 Å². The minimum absolute atomic E-state index is 0.0507. The van der Waals surface area contributed by atoms with Gasteiger partial charge in [-0.2, -0.15) is 0 Å². The average Bonchev–Trinajstić information content (AvgIpc) is 3.37. The van der Waals surface area contributed by atoms with E-state index in [-0.39, 0.29) is 23.7 Å². The van der Waals surface area contributed by atoms with Gasteiger partial charge in [0.05, 0.1) is 0 Å². The van der Waals surface area contributed by atoms with Crippen LogP contribution in [0, 0.1) is 58.2 Å². The third-order valence-electron chi connectivity index (χ3n) is 9.00. The van der Waals surface area contributed by atoms with E-state index >= 15 is 0 Å². The van der Waals surface area contributed by atoms with E-state index < -0.39 is 0 Å². The molecule has 2 spiro atoms. The van der Waals surface area contributed by atoms with Crippen LogP contribution in [0.5, 0.6) is 0 Å². The van der Waals surface area contributed by atoms with Crippen molar-refractivity contribution in [2.45, 2.75) is 25.7 Å². The highest BCUT2D eigenvalue weighted by Gasteiger charge is 2.78. The minimum Gasteiger partial charge on any atom is -0.299 e. The van der Waals surface area contributed by atoms with E-state index in [0.29, 0.717) is 46.1 Å². The molecule has 0 amide bonds. The first-order chi connectivity index (χ1) is 10.7. The normalized spacial score (nSPS) is 58.7. The number of ketones is 2. The Morgan fingerprint density at radius 1 is 0.591 bits per heavy atom. The Balaban J connectivity index is 1.41. The Morgan fingerprint density at radius 2 is 0.864 bits per heavy atom. The predicted octanol–water partition coefficient (Wildman–Crippen LogP) is 2.80. The van der Waals surface area contributed by atoms with Gasteiger partial charge in [0.1, 0.15) is 11.6 Å². The second kappa shape index (κ2) is 2.95. The van der Waals surface area contributed by atoms with Crippen molar-refractivity contribution in [2.75, 3.05) is 0 Å². The van der Waals surface area contributed by atoms with Gasteiger partial charge in [-0.1, -0.05) is 24.3 Å². The number of allylic oxidation sites excluding steroid dienone is 4. The van der Waals surface area contributed by atoms with E-state index in [1.807, 2.05) is 0 Å². The SMILES string of the molecule is O=C1[C@@H]2[C@H](C(=O)[C@H]3[C@H]1[C@@H]1C=C[C@H]3C13CC3)[C@@H]1C=C[C@@H]2C12CC2. The molecule has 22 heavy (non-hydrogen) atoms. The first-order valence-corrected chi connectivity index (χ1v) is 9.13. The smallest absolute Gasteiger partial charge is 0.141 e. The van der Waals surface area contributed by atoms with Crippen LogP contribution in [0.3, 0.4) is 0 Å². The number of carbonyl (C=O) groups is 2. The summed E-state index contributed by atoms with van der Waals surface area (Å²) in [4.78, 5) is 26.8. The van der Waals surface area contributed by atoms with Gasteiger partial charge in [0.25, 0.3) is 0 Å². The Labute approximate surface area is 130 Å². The zero-order valence-electron chi connectivity index (χ0n) is 12.6. The molecule has 0 heterocycles. The summed E-state index contributed by atoms with van der Waals surface area (Å²) in [5.74, 6) is 2.78. The largest absolute Gasteiger partial charge is 0.299 e. The van der Waals surface area contributed by atoms with Crippen molar-refractivity contribution in [1.82, 2.24) is 0 Å². The highest BCUT2D eigenvalue weighted by Crippen LogP contribution is 2.78.